The number of pyridine rings is 1. The molecule has 8 amide bonds. The number of fused-ring (bicyclic) bond motifs is 2. The van der Waals surface area contributed by atoms with E-state index in [2.05, 4.69) is 63.1 Å². The molecule has 4 aromatic rings. The summed E-state index contributed by atoms with van der Waals surface area (Å²) in [5.74, 6) is -15.3. The van der Waals surface area contributed by atoms with Crippen molar-refractivity contribution in [1.29, 1.82) is 0 Å². The number of hydrogen-bond donors (Lipinski definition) is 24. The maximum Gasteiger partial charge on any atom is 3.00 e. The van der Waals surface area contributed by atoms with Crippen LogP contribution in [0.2, 0.25) is 0 Å². The van der Waals surface area contributed by atoms with Crippen molar-refractivity contribution in [3.63, 3.8) is 0 Å². The van der Waals surface area contributed by atoms with Crippen LogP contribution in [0.25, 0.3) is 0 Å². The average molecular weight is 1770 g/mol. The molecule has 5 rings (SSSR count). The van der Waals surface area contributed by atoms with Crippen LogP contribution in [0.15, 0.2) is 64.6 Å². The number of aliphatic carboxylic acids is 5. The van der Waals surface area contributed by atoms with E-state index >= 15 is 0 Å². The predicted molar refractivity (Wildman–Crippen MR) is 394 cm³/mol. The summed E-state index contributed by atoms with van der Waals surface area (Å²) in [4.78, 5) is 214. The van der Waals surface area contributed by atoms with E-state index in [0.29, 0.717) is 11.1 Å². The monoisotopic (exact) mass is 1770 g/mol. The largest absolute Gasteiger partial charge is 3.00 e. The molecule has 24 N–H and O–H groups in total. The zero-order valence-corrected chi connectivity index (χ0v) is 64.8. The second-order valence-electron chi connectivity index (χ2n) is 26.9. The van der Waals surface area contributed by atoms with Crippen molar-refractivity contribution < 1.29 is 169 Å². The van der Waals surface area contributed by atoms with Crippen LogP contribution in [-0.4, -0.2) is 331 Å². The van der Waals surface area contributed by atoms with E-state index in [1.54, 1.807) is 42.5 Å². The van der Waals surface area contributed by atoms with Gasteiger partial charge in [-0.15, -0.1) is 0 Å². The van der Waals surface area contributed by atoms with E-state index in [1.807, 2.05) is 0 Å². The van der Waals surface area contributed by atoms with Crippen LogP contribution in [0.1, 0.15) is 86.5 Å². The molecule has 2 aromatic heterocycles. The Morgan fingerprint density at radius 2 is 0.922 bits per heavy atom. The molecule has 115 heavy (non-hydrogen) atoms. The molecule has 1 aliphatic rings. The van der Waals surface area contributed by atoms with Gasteiger partial charge in [0.1, 0.15) is 65.8 Å². The molecule has 3 heterocycles. The van der Waals surface area contributed by atoms with E-state index in [-0.39, 0.29) is 161 Å². The zero-order chi connectivity index (χ0) is 84.3. The molecular formula is C70H100GdN16O28+3. The van der Waals surface area contributed by atoms with E-state index in [0.717, 1.165) is 6.92 Å². The SMILES string of the molecule is C[C@H](NC(=O)[C@H](CC(=O)O)Nc1c(NCCCc2cc3nc(c2)CN(C(CCC(=O)NCC(O)CO)C(=O)O)CCN(C(CCC(=O)NCC(O)CO)C(=O)O)CCN(C(CCC(=O)NCC(O)CO)C(=O)O)C3)c(=O)c1=O)C(=O)N[C@@H](Cc1cnc[nH]1)C(=O)N[C@@H](CO)C(=O)N[C@@H](Cc1ccccc1)C(=O)N[C@@H](CO)C(=O)O.[Gd+3]. The van der Waals surface area contributed by atoms with Gasteiger partial charge in [0.15, 0.2) is 0 Å². The van der Waals surface area contributed by atoms with Crippen molar-refractivity contribution >= 4 is 88.5 Å². The minimum absolute atomic E-state index is 0. The number of nitrogens with one attached hydrogen (secondary N) is 11. The Labute approximate surface area is 688 Å². The Morgan fingerprint density at radius 1 is 0.496 bits per heavy atom. The maximum atomic E-state index is 14.0. The number of aliphatic hydroxyl groups excluding tert-OH is 8. The number of anilines is 2. The molecule has 1 aliphatic heterocycles. The number of carboxylic acid groups (broad SMARTS) is 5. The molecule has 0 saturated carbocycles. The van der Waals surface area contributed by atoms with Crippen molar-refractivity contribution in [2.75, 3.05) is 96.0 Å². The number of aryl methyl sites for hydroxylation is 1. The Morgan fingerprint density at radius 3 is 1.37 bits per heavy atom. The zero-order valence-electron chi connectivity index (χ0n) is 62.5. The number of amides is 8. The van der Waals surface area contributed by atoms with Crippen LogP contribution in [0.3, 0.4) is 0 Å². The number of imidazole rings is 1. The first-order valence-corrected chi connectivity index (χ1v) is 36.3. The van der Waals surface area contributed by atoms with Crippen LogP contribution in [0.4, 0.5) is 11.4 Å². The Bertz CT molecular complexity index is 3890. The van der Waals surface area contributed by atoms with Crippen molar-refractivity contribution in [1.82, 2.24) is 72.2 Å². The van der Waals surface area contributed by atoms with E-state index in [9.17, 15) is 138 Å². The number of carbonyl (C=O) groups excluding carboxylic acids is 8. The van der Waals surface area contributed by atoms with Gasteiger partial charge < -0.3 is 125 Å². The van der Waals surface area contributed by atoms with Gasteiger partial charge in [0.25, 0.3) is 10.9 Å². The fraction of sp³-hybridized carbons (Fsp3) is 0.557. The molecular weight excluding hydrogens is 1670 g/mol. The third kappa shape index (κ3) is 32.8. The molecule has 1 radical (unpaired) electrons. The van der Waals surface area contributed by atoms with Crippen molar-refractivity contribution in [2.45, 2.75) is 163 Å². The van der Waals surface area contributed by atoms with Crippen molar-refractivity contribution in [2.24, 2.45) is 0 Å². The van der Waals surface area contributed by atoms with E-state index in [1.165, 1.54) is 27.2 Å². The van der Waals surface area contributed by atoms with Crippen LogP contribution < -0.4 is 64.0 Å². The van der Waals surface area contributed by atoms with Gasteiger partial charge in [0.2, 0.25) is 47.3 Å². The number of nitrogens with zero attached hydrogens (tertiary/aromatic N) is 5. The minimum Gasteiger partial charge on any atom is -0.481 e. The summed E-state index contributed by atoms with van der Waals surface area (Å²) in [6.45, 7) is -6.31. The molecule has 0 saturated heterocycles. The third-order valence-electron chi connectivity index (χ3n) is 18.2. The number of carbonyl (C=O) groups is 13. The summed E-state index contributed by atoms with van der Waals surface area (Å²) in [5, 5.41) is 153. The number of aromatic nitrogens is 3. The molecule has 2 aromatic carbocycles. The van der Waals surface area contributed by atoms with Crippen LogP contribution in [-0.2, 0) is 94.7 Å². The molecule has 45 heteroatoms. The fourth-order valence-electron chi connectivity index (χ4n) is 11.9. The predicted octanol–water partition coefficient (Wildman–Crippen LogP) is -9.27. The summed E-state index contributed by atoms with van der Waals surface area (Å²) in [6, 6.07) is -3.73. The Balaban J connectivity index is 0.0000278. The second-order valence-corrected chi connectivity index (χ2v) is 26.9. The van der Waals surface area contributed by atoms with Gasteiger partial charge in [-0.2, -0.15) is 0 Å². The third-order valence-corrected chi connectivity index (χ3v) is 18.2. The molecule has 6 unspecified atom stereocenters. The Kier molecular flexibility index (Phi) is 42.4. The Hall–Kier alpha value is -9.75. The summed E-state index contributed by atoms with van der Waals surface area (Å²) < 4.78 is 0. The van der Waals surface area contributed by atoms with Crippen LogP contribution in [0.5, 0.6) is 0 Å². The normalized spacial score (nSPS) is 15.9. The smallest absolute Gasteiger partial charge is 0.481 e. The summed E-state index contributed by atoms with van der Waals surface area (Å²) in [7, 11) is 0. The number of rotatable bonds is 50. The van der Waals surface area contributed by atoms with Gasteiger partial charge in [0.05, 0.1) is 75.5 Å². The van der Waals surface area contributed by atoms with Gasteiger partial charge in [0, 0.05) is 109 Å². The summed E-state index contributed by atoms with van der Waals surface area (Å²) >= 11 is 0. The van der Waals surface area contributed by atoms with Crippen molar-refractivity contribution in [3.8, 4) is 0 Å². The van der Waals surface area contributed by atoms with E-state index in [4.69, 9.17) is 4.98 Å². The second kappa shape index (κ2) is 49.9. The number of benzene rings is 1. The molecule has 633 valence electrons. The first-order valence-electron chi connectivity index (χ1n) is 36.3. The average Bonchev–Trinajstić information content (AvgIpc) is 1.07. The van der Waals surface area contributed by atoms with Crippen LogP contribution in [0, 0.1) is 39.9 Å². The first-order chi connectivity index (χ1) is 54.2. The fourth-order valence-corrected chi connectivity index (χ4v) is 11.9. The van der Waals surface area contributed by atoms with Gasteiger partial charge in [-0.3, -0.25) is 86.8 Å². The molecule has 12 atom stereocenters. The van der Waals surface area contributed by atoms with Gasteiger partial charge in [-0.25, -0.2) is 9.78 Å². The standard InChI is InChI=1S/C70H100N16O28.Gd/c1-37(62(102)80-47(23-40-25-71-36-76-40)65(105)82-49(34-90)66(106)81-46(22-38-6-3-2-4-7-38)64(104)83-50(35-91)67(107)108)77-63(103)48(24-57(98)99)79-59-58(60(100)61(59)101)72-15-5-8-39-20-41-29-85(52(69(111)112)10-13-55(96)74-27-44(93)32-88)18-16-84(51(68(109)110)9-12-54(95)73-26-43(92)31-87)17-19-86(30-42(21-39)78-41)53(70(113)114)11-14-56(97)75-28-45(94)33-89;/h2-4,6-7,20-21,25,36-37,43-53,72,79,87-94H,5,8-19,22-24,26-35H2,1H3,(H,71,76)(H,73,95)(H,74,96)(H,75,97)(H,77,103)(H,80,102)(H,81,106)(H,82,105)(H,83,104)(H,98,99)(H,107,108)(H,109,110)(H,111,112)(H,113,114);/q;+3/t37-,43?,44?,45?,46-,47-,48-,49-,50-,51?,52?,53?;/m0./s1. The minimum atomic E-state index is -1.89. The quantitative estimate of drug-likeness (QED) is 0.0144. The molecule has 0 aliphatic carbocycles. The maximum absolute atomic E-state index is 14.0. The van der Waals surface area contributed by atoms with Gasteiger partial charge in [-0.1, -0.05) is 30.3 Å². The van der Waals surface area contributed by atoms with Crippen LogP contribution >= 0.6 is 0 Å². The van der Waals surface area contributed by atoms with Gasteiger partial charge >= 0.3 is 69.8 Å². The van der Waals surface area contributed by atoms with Gasteiger partial charge in [-0.05, 0) is 62.3 Å². The molecule has 2 bridgehead atoms. The number of H-pyrrole nitrogens is 1. The number of aromatic amines is 1. The molecule has 0 spiro atoms. The summed E-state index contributed by atoms with van der Waals surface area (Å²) in [5.41, 5.74) is -1.78. The number of hydrogen-bond acceptors (Lipinski definition) is 30. The summed E-state index contributed by atoms with van der Waals surface area (Å²) in [6.07, 6.45) is -5.58. The van der Waals surface area contributed by atoms with E-state index < -0.39 is 237 Å². The van der Waals surface area contributed by atoms with Crippen molar-refractivity contribution in [3.05, 3.63) is 104 Å². The first kappa shape index (κ1) is 97.6. The number of aliphatic hydroxyl groups is 8. The molecule has 44 nitrogen and oxygen atoms in total. The number of carboxylic acids is 5. The topological polar surface area (TPSA) is 691 Å². The molecule has 0 fully saturated rings.